The first-order chi connectivity index (χ1) is 7.81. The summed E-state index contributed by atoms with van der Waals surface area (Å²) >= 11 is 0. The van der Waals surface area contributed by atoms with E-state index >= 15 is 0 Å². The molecule has 1 heterocycles. The molecule has 4 unspecified atom stereocenters. The van der Waals surface area contributed by atoms with E-state index in [0.717, 1.165) is 12.5 Å². The van der Waals surface area contributed by atoms with Crippen molar-refractivity contribution in [1.82, 2.24) is 4.90 Å². The molecule has 1 saturated heterocycles. The number of nitriles is 1. The Kier molecular flexibility index (Phi) is 2.22. The summed E-state index contributed by atoms with van der Waals surface area (Å²) in [6.45, 7) is 3.32. The van der Waals surface area contributed by atoms with Crippen molar-refractivity contribution < 1.29 is 0 Å². The summed E-state index contributed by atoms with van der Waals surface area (Å²) < 4.78 is 0. The van der Waals surface area contributed by atoms with Crippen molar-refractivity contribution in [2.24, 2.45) is 11.8 Å². The summed E-state index contributed by atoms with van der Waals surface area (Å²) in [5, 5.41) is 9.24. The molecule has 2 nitrogen and oxygen atoms in total. The quantitative estimate of drug-likeness (QED) is 0.753. The second-order valence-corrected chi connectivity index (χ2v) is 5.02. The topological polar surface area (TPSA) is 27.0 Å². The van der Waals surface area contributed by atoms with E-state index in [1.165, 1.54) is 12.0 Å². The zero-order valence-electron chi connectivity index (χ0n) is 9.50. The third-order valence-electron chi connectivity index (χ3n) is 4.10. The molecule has 1 aromatic rings. The summed E-state index contributed by atoms with van der Waals surface area (Å²) in [4.78, 5) is 2.37. The van der Waals surface area contributed by atoms with E-state index in [4.69, 9.17) is 0 Å². The highest BCUT2D eigenvalue weighted by Gasteiger charge is 2.53. The molecular weight excluding hydrogens is 196 g/mol. The lowest BCUT2D eigenvalue weighted by Gasteiger charge is -2.29. The number of nitrogens with zero attached hydrogens (tertiary/aromatic N) is 2. The van der Waals surface area contributed by atoms with Crippen LogP contribution in [0.1, 0.15) is 24.9 Å². The molecule has 1 aliphatic heterocycles. The molecule has 1 aromatic carbocycles. The lowest BCUT2D eigenvalue weighted by molar-refractivity contribution is 0.198. The van der Waals surface area contributed by atoms with Gasteiger partial charge in [-0.3, -0.25) is 4.90 Å². The predicted molar refractivity (Wildman–Crippen MR) is 62.6 cm³/mol. The number of rotatable bonds is 2. The lowest BCUT2D eigenvalue weighted by atomic mass is 10.1. The first-order valence-corrected chi connectivity index (χ1v) is 6.01. The fourth-order valence-corrected chi connectivity index (χ4v) is 2.99. The van der Waals surface area contributed by atoms with Crippen LogP contribution in [-0.2, 0) is 0 Å². The first-order valence-electron chi connectivity index (χ1n) is 6.01. The summed E-state index contributed by atoms with van der Waals surface area (Å²) in [5.41, 5.74) is 1.32. The molecule has 82 valence electrons. The SMILES string of the molecule is CC(c1ccccc1)N1CC2CC2C1C#N. The average molecular weight is 212 g/mol. The Labute approximate surface area is 96.5 Å². The first kappa shape index (κ1) is 9.86. The molecule has 2 heteroatoms. The molecule has 16 heavy (non-hydrogen) atoms. The monoisotopic (exact) mass is 212 g/mol. The zero-order chi connectivity index (χ0) is 11.1. The van der Waals surface area contributed by atoms with E-state index in [-0.39, 0.29) is 6.04 Å². The molecule has 2 fully saturated rings. The van der Waals surface area contributed by atoms with E-state index < -0.39 is 0 Å². The molecule has 4 atom stereocenters. The molecule has 2 aliphatic rings. The van der Waals surface area contributed by atoms with E-state index in [9.17, 15) is 5.26 Å². The van der Waals surface area contributed by atoms with E-state index in [1.807, 2.05) is 6.07 Å². The Balaban J connectivity index is 1.81. The Morgan fingerprint density at radius 3 is 2.81 bits per heavy atom. The maximum absolute atomic E-state index is 9.24. The van der Waals surface area contributed by atoms with Gasteiger partial charge in [-0.1, -0.05) is 30.3 Å². The third kappa shape index (κ3) is 1.44. The maximum atomic E-state index is 9.24. The molecule has 0 N–H and O–H groups in total. The van der Waals surface area contributed by atoms with Crippen LogP contribution in [0, 0.1) is 23.2 Å². The Bertz CT molecular complexity index is 420. The number of piperidine rings is 1. The average Bonchev–Trinajstić information content (AvgIpc) is 3.01. The van der Waals surface area contributed by atoms with Gasteiger partial charge in [-0.15, -0.1) is 0 Å². The standard InChI is InChI=1S/C14H16N2/c1-10(11-5-3-2-4-6-11)16-9-12-7-13(12)14(16)8-15/h2-6,10,12-14H,7,9H2,1H3. The highest BCUT2D eigenvalue weighted by Crippen LogP contribution is 2.51. The van der Waals surface area contributed by atoms with Crippen molar-refractivity contribution in [1.29, 1.82) is 5.26 Å². The van der Waals surface area contributed by atoms with E-state index in [1.54, 1.807) is 0 Å². The van der Waals surface area contributed by atoms with Gasteiger partial charge < -0.3 is 0 Å². The highest BCUT2D eigenvalue weighted by molar-refractivity contribution is 5.22. The van der Waals surface area contributed by atoms with Gasteiger partial charge in [0.25, 0.3) is 0 Å². The van der Waals surface area contributed by atoms with Crippen molar-refractivity contribution >= 4 is 0 Å². The molecule has 0 bridgehead atoms. The molecule has 0 spiro atoms. The summed E-state index contributed by atoms with van der Waals surface area (Å²) in [6, 6.07) is 13.5. The molecule has 1 aliphatic carbocycles. The van der Waals surface area contributed by atoms with Crippen LogP contribution in [0.4, 0.5) is 0 Å². The summed E-state index contributed by atoms with van der Waals surface area (Å²) in [7, 11) is 0. The number of fused-ring (bicyclic) bond motifs is 1. The van der Waals surface area contributed by atoms with Crippen molar-refractivity contribution in [3.8, 4) is 6.07 Å². The largest absolute Gasteiger partial charge is 0.281 e. The fourth-order valence-electron chi connectivity index (χ4n) is 2.99. The minimum atomic E-state index is 0.153. The Hall–Kier alpha value is -1.33. The lowest BCUT2D eigenvalue weighted by Crippen LogP contribution is -2.34. The van der Waals surface area contributed by atoms with Crippen LogP contribution >= 0.6 is 0 Å². The minimum absolute atomic E-state index is 0.153. The van der Waals surface area contributed by atoms with Crippen LogP contribution in [0.2, 0.25) is 0 Å². The van der Waals surface area contributed by atoms with Crippen LogP contribution < -0.4 is 0 Å². The smallest absolute Gasteiger partial charge is 0.101 e. The predicted octanol–water partition coefficient (Wildman–Crippen LogP) is 2.59. The van der Waals surface area contributed by atoms with Crippen molar-refractivity contribution in [3.05, 3.63) is 35.9 Å². The van der Waals surface area contributed by atoms with Crippen molar-refractivity contribution in [3.63, 3.8) is 0 Å². The second kappa shape index (κ2) is 3.61. The van der Waals surface area contributed by atoms with Crippen LogP contribution in [0.15, 0.2) is 30.3 Å². The minimum Gasteiger partial charge on any atom is -0.281 e. The molecule has 1 saturated carbocycles. The van der Waals surface area contributed by atoms with Gasteiger partial charge in [0.2, 0.25) is 0 Å². The normalized spacial score (nSPS) is 34.1. The van der Waals surface area contributed by atoms with Crippen LogP contribution in [-0.4, -0.2) is 17.5 Å². The van der Waals surface area contributed by atoms with Gasteiger partial charge in [-0.05, 0) is 30.7 Å². The van der Waals surface area contributed by atoms with Gasteiger partial charge in [-0.2, -0.15) is 5.26 Å². The Morgan fingerprint density at radius 1 is 1.38 bits per heavy atom. The van der Waals surface area contributed by atoms with E-state index in [0.29, 0.717) is 12.0 Å². The molecule has 0 amide bonds. The van der Waals surface area contributed by atoms with E-state index in [2.05, 4.69) is 42.2 Å². The molecule has 3 rings (SSSR count). The number of hydrogen-bond acceptors (Lipinski definition) is 2. The van der Waals surface area contributed by atoms with Gasteiger partial charge in [0.15, 0.2) is 0 Å². The second-order valence-electron chi connectivity index (χ2n) is 5.02. The van der Waals surface area contributed by atoms with Gasteiger partial charge in [0, 0.05) is 12.6 Å². The number of likely N-dealkylation sites (tertiary alicyclic amines) is 1. The van der Waals surface area contributed by atoms with Crippen LogP contribution in [0.3, 0.4) is 0 Å². The van der Waals surface area contributed by atoms with Gasteiger partial charge >= 0.3 is 0 Å². The third-order valence-corrected chi connectivity index (χ3v) is 4.10. The van der Waals surface area contributed by atoms with Crippen molar-refractivity contribution in [2.45, 2.75) is 25.4 Å². The molecular formula is C14H16N2. The van der Waals surface area contributed by atoms with Gasteiger partial charge in [0.05, 0.1) is 6.07 Å². The van der Waals surface area contributed by atoms with Crippen molar-refractivity contribution in [2.75, 3.05) is 6.54 Å². The van der Waals surface area contributed by atoms with Gasteiger partial charge in [0.1, 0.15) is 6.04 Å². The number of hydrogen-bond donors (Lipinski definition) is 0. The summed E-state index contributed by atoms with van der Waals surface area (Å²) in [6.07, 6.45) is 1.27. The Morgan fingerprint density at radius 2 is 2.12 bits per heavy atom. The number of benzene rings is 1. The van der Waals surface area contributed by atoms with Crippen LogP contribution in [0.25, 0.3) is 0 Å². The zero-order valence-corrected chi connectivity index (χ0v) is 9.50. The molecule has 0 radical (unpaired) electrons. The summed E-state index contributed by atoms with van der Waals surface area (Å²) in [5.74, 6) is 1.46. The van der Waals surface area contributed by atoms with Gasteiger partial charge in [-0.25, -0.2) is 0 Å². The molecule has 0 aromatic heterocycles. The van der Waals surface area contributed by atoms with Crippen LogP contribution in [0.5, 0.6) is 0 Å². The highest BCUT2D eigenvalue weighted by atomic mass is 15.2. The fraction of sp³-hybridized carbons (Fsp3) is 0.500. The maximum Gasteiger partial charge on any atom is 0.101 e.